The van der Waals surface area contributed by atoms with E-state index >= 15 is 0 Å². The molecule has 5 rings (SSSR count). The van der Waals surface area contributed by atoms with Gasteiger partial charge >= 0.3 is 0 Å². The fraction of sp³-hybridized carbons (Fsp3) is 0.125. The topological polar surface area (TPSA) is 89.2 Å². The first-order valence-electron chi connectivity index (χ1n) is 10.3. The molecule has 0 aliphatic carbocycles. The Balaban J connectivity index is 1.64. The molecule has 0 bridgehead atoms. The first-order valence-corrected chi connectivity index (χ1v) is 12.2. The second kappa shape index (κ2) is 8.13. The summed E-state index contributed by atoms with van der Waals surface area (Å²) >= 11 is 5.98. The first kappa shape index (κ1) is 21.4. The summed E-state index contributed by atoms with van der Waals surface area (Å²) in [7, 11) is -3.92. The minimum Gasteiger partial charge on any atom is -0.365 e. The molecule has 166 valence electrons. The quantitative estimate of drug-likeness (QED) is 0.383. The molecular formula is C24H20ClN5O2S. The van der Waals surface area contributed by atoms with E-state index in [9.17, 15) is 8.42 Å². The summed E-state index contributed by atoms with van der Waals surface area (Å²) in [6.45, 7) is 4.30. The monoisotopic (exact) mass is 477 g/mol. The van der Waals surface area contributed by atoms with Gasteiger partial charge in [-0.2, -0.15) is 4.52 Å². The van der Waals surface area contributed by atoms with E-state index in [1.807, 2.05) is 62.4 Å². The van der Waals surface area contributed by atoms with Gasteiger partial charge in [0.2, 0.25) is 14.9 Å². The molecule has 3 aromatic carbocycles. The van der Waals surface area contributed by atoms with Crippen LogP contribution in [-0.4, -0.2) is 28.2 Å². The summed E-state index contributed by atoms with van der Waals surface area (Å²) in [5.74, 6) is 0.548. The third-order valence-corrected chi connectivity index (χ3v) is 7.54. The van der Waals surface area contributed by atoms with E-state index in [1.54, 1.807) is 18.2 Å². The van der Waals surface area contributed by atoms with Gasteiger partial charge in [0.05, 0.1) is 10.4 Å². The molecule has 7 nitrogen and oxygen atoms in total. The summed E-state index contributed by atoms with van der Waals surface area (Å²) in [4.78, 5) is 4.81. The van der Waals surface area contributed by atoms with Gasteiger partial charge in [-0.15, -0.1) is 5.10 Å². The summed E-state index contributed by atoms with van der Waals surface area (Å²) in [5.41, 5.74) is 3.79. The lowest BCUT2D eigenvalue weighted by Gasteiger charge is -2.11. The number of anilines is 1. The van der Waals surface area contributed by atoms with Crippen LogP contribution in [0.25, 0.3) is 16.6 Å². The molecule has 0 radical (unpaired) electrons. The number of halogens is 1. The molecular weight excluding hydrogens is 458 g/mol. The lowest BCUT2D eigenvalue weighted by Crippen LogP contribution is -2.07. The van der Waals surface area contributed by atoms with E-state index in [2.05, 4.69) is 20.6 Å². The van der Waals surface area contributed by atoms with Crippen LogP contribution < -0.4 is 5.32 Å². The van der Waals surface area contributed by atoms with Crippen molar-refractivity contribution < 1.29 is 8.42 Å². The summed E-state index contributed by atoms with van der Waals surface area (Å²) in [5, 5.41) is 12.8. The smallest absolute Gasteiger partial charge is 0.229 e. The average Bonchev–Trinajstić information content (AvgIpc) is 3.25. The van der Waals surface area contributed by atoms with Crippen molar-refractivity contribution in [2.75, 3.05) is 5.32 Å². The van der Waals surface area contributed by atoms with Crippen LogP contribution in [0.4, 0.5) is 5.82 Å². The van der Waals surface area contributed by atoms with Gasteiger partial charge in [-0.1, -0.05) is 47.1 Å². The Morgan fingerprint density at radius 2 is 1.73 bits per heavy atom. The van der Waals surface area contributed by atoms with Gasteiger partial charge in [0.1, 0.15) is 5.82 Å². The predicted molar refractivity (Wildman–Crippen MR) is 128 cm³/mol. The number of nitrogens with one attached hydrogen (secondary N) is 1. The molecule has 0 amide bonds. The molecule has 0 unspecified atom stereocenters. The molecule has 0 saturated heterocycles. The number of nitrogens with zero attached hydrogens (tertiary/aromatic N) is 4. The summed E-state index contributed by atoms with van der Waals surface area (Å²) in [6, 6.07) is 20.0. The van der Waals surface area contributed by atoms with E-state index < -0.39 is 9.84 Å². The molecule has 0 fully saturated rings. The number of fused-ring (bicyclic) bond motifs is 3. The van der Waals surface area contributed by atoms with Crippen molar-refractivity contribution >= 4 is 43.8 Å². The maximum atomic E-state index is 13.4. The highest BCUT2D eigenvalue weighted by molar-refractivity contribution is 7.91. The highest BCUT2D eigenvalue weighted by Gasteiger charge is 2.27. The minimum absolute atomic E-state index is 0.165. The fourth-order valence-electron chi connectivity index (χ4n) is 3.63. The largest absolute Gasteiger partial charge is 0.365 e. The maximum absolute atomic E-state index is 13.4. The fourth-order valence-corrected chi connectivity index (χ4v) is 5.08. The molecule has 33 heavy (non-hydrogen) atoms. The average molecular weight is 478 g/mol. The van der Waals surface area contributed by atoms with E-state index in [4.69, 9.17) is 11.6 Å². The molecule has 2 heterocycles. The molecule has 2 aromatic heterocycles. The van der Waals surface area contributed by atoms with E-state index in [1.165, 1.54) is 4.52 Å². The number of para-hydroxylation sites is 1. The normalized spacial score (nSPS) is 11.8. The second-order valence-electron chi connectivity index (χ2n) is 7.84. The highest BCUT2D eigenvalue weighted by Crippen LogP contribution is 2.29. The number of rotatable bonds is 5. The highest BCUT2D eigenvalue weighted by atomic mass is 35.5. The predicted octanol–water partition coefficient (Wildman–Crippen LogP) is 4.99. The van der Waals surface area contributed by atoms with Crippen LogP contribution in [0.2, 0.25) is 5.02 Å². The number of hydrogen-bond donors (Lipinski definition) is 1. The zero-order valence-corrected chi connectivity index (χ0v) is 19.5. The van der Waals surface area contributed by atoms with Crippen molar-refractivity contribution in [3.8, 4) is 0 Å². The third kappa shape index (κ3) is 3.81. The van der Waals surface area contributed by atoms with Crippen LogP contribution in [0, 0.1) is 13.8 Å². The van der Waals surface area contributed by atoms with Crippen molar-refractivity contribution in [3.63, 3.8) is 0 Å². The second-order valence-corrected chi connectivity index (χ2v) is 10.1. The molecule has 0 aliphatic rings. The molecule has 0 saturated carbocycles. The first-order chi connectivity index (χ1) is 15.8. The molecule has 5 aromatic rings. The van der Waals surface area contributed by atoms with Gasteiger partial charge in [-0.25, -0.2) is 13.4 Å². The van der Waals surface area contributed by atoms with Crippen molar-refractivity contribution in [3.05, 3.63) is 88.4 Å². The van der Waals surface area contributed by atoms with Crippen LogP contribution >= 0.6 is 11.6 Å². The zero-order valence-electron chi connectivity index (χ0n) is 17.9. The van der Waals surface area contributed by atoms with Gasteiger partial charge in [0.25, 0.3) is 0 Å². The SMILES string of the molecule is Cc1ccc(S(=O)(=O)c2nnn3c2nc(NCc2ccc(Cl)cc2)c2ccccc23)cc1C. The Bertz CT molecular complexity index is 1610. The van der Waals surface area contributed by atoms with Crippen LogP contribution in [-0.2, 0) is 16.4 Å². The van der Waals surface area contributed by atoms with E-state index in [0.717, 1.165) is 22.1 Å². The van der Waals surface area contributed by atoms with Crippen LogP contribution in [0.15, 0.2) is 76.7 Å². The van der Waals surface area contributed by atoms with Gasteiger partial charge < -0.3 is 5.32 Å². The Labute approximate surface area is 196 Å². The Morgan fingerprint density at radius 1 is 0.970 bits per heavy atom. The van der Waals surface area contributed by atoms with Crippen molar-refractivity contribution in [1.29, 1.82) is 0 Å². The number of sulfone groups is 1. The maximum Gasteiger partial charge on any atom is 0.229 e. The molecule has 0 aliphatic heterocycles. The summed E-state index contributed by atoms with van der Waals surface area (Å²) < 4.78 is 28.4. The third-order valence-electron chi connectivity index (χ3n) is 5.64. The minimum atomic E-state index is -3.92. The van der Waals surface area contributed by atoms with Crippen molar-refractivity contribution in [1.82, 2.24) is 19.8 Å². The lowest BCUT2D eigenvalue weighted by molar-refractivity contribution is 0.592. The van der Waals surface area contributed by atoms with Crippen LogP contribution in [0.3, 0.4) is 0 Å². The Kier molecular flexibility index (Phi) is 5.26. The molecule has 1 N–H and O–H groups in total. The standard InChI is InChI=1S/C24H20ClN5O2S/c1-15-7-12-19(13-16(15)2)33(31,32)24-23-27-22(26-14-17-8-10-18(25)11-9-17)20-5-3-4-6-21(20)30(23)29-28-24/h3-13H,14H2,1-2H3,(H,26,27). The van der Waals surface area contributed by atoms with E-state index in [0.29, 0.717) is 22.9 Å². The van der Waals surface area contributed by atoms with Gasteiger partial charge in [0, 0.05) is 17.0 Å². The van der Waals surface area contributed by atoms with Crippen LogP contribution in [0.5, 0.6) is 0 Å². The number of aromatic nitrogens is 4. The number of aryl methyl sites for hydroxylation is 2. The number of hydrogen-bond acceptors (Lipinski definition) is 6. The van der Waals surface area contributed by atoms with Crippen molar-refractivity contribution in [2.45, 2.75) is 30.3 Å². The van der Waals surface area contributed by atoms with Gasteiger partial charge in [-0.05, 0) is 66.9 Å². The lowest BCUT2D eigenvalue weighted by atomic mass is 10.1. The molecule has 0 spiro atoms. The van der Waals surface area contributed by atoms with E-state index in [-0.39, 0.29) is 15.6 Å². The molecule has 0 atom stereocenters. The Hall–Kier alpha value is -3.49. The van der Waals surface area contributed by atoms with Gasteiger partial charge in [0.15, 0.2) is 5.65 Å². The Morgan fingerprint density at radius 3 is 2.48 bits per heavy atom. The van der Waals surface area contributed by atoms with Gasteiger partial charge in [-0.3, -0.25) is 0 Å². The molecule has 9 heteroatoms. The van der Waals surface area contributed by atoms with Crippen molar-refractivity contribution in [2.24, 2.45) is 0 Å². The van der Waals surface area contributed by atoms with Crippen LogP contribution in [0.1, 0.15) is 16.7 Å². The zero-order chi connectivity index (χ0) is 23.2. The number of benzene rings is 3. The summed E-state index contributed by atoms with van der Waals surface area (Å²) in [6.07, 6.45) is 0.